The molecule has 0 bridgehead atoms. The summed E-state index contributed by atoms with van der Waals surface area (Å²) >= 11 is 0. The van der Waals surface area contributed by atoms with E-state index in [-0.39, 0.29) is 19.0 Å². The summed E-state index contributed by atoms with van der Waals surface area (Å²) < 4.78 is 0. The highest BCUT2D eigenvalue weighted by Gasteiger charge is 1.70. The Balaban J connectivity index is -0.000000105. The fourth-order valence-corrected chi connectivity index (χ4v) is 0.274. The molecule has 0 aromatic rings. The lowest BCUT2D eigenvalue weighted by Crippen LogP contribution is -1.93. The molecule has 0 amide bonds. The summed E-state index contributed by atoms with van der Waals surface area (Å²) in [5, 5.41) is 15.5. The Labute approximate surface area is 82.9 Å². The number of hydrogen-bond acceptors (Lipinski definition) is 3. The maximum absolute atomic E-state index is 7.94. The molecule has 0 aliphatic heterocycles. The van der Waals surface area contributed by atoms with Gasteiger partial charge in [0.05, 0.1) is 15.7 Å². The second-order valence-corrected chi connectivity index (χ2v) is 6.53. The van der Waals surface area contributed by atoms with Crippen LogP contribution in [0.5, 0.6) is 0 Å². The molecule has 2 N–H and O–H groups in total. The Morgan fingerprint density at radius 2 is 1.42 bits per heavy atom. The number of aliphatic hydroxyl groups is 1. The van der Waals surface area contributed by atoms with E-state index in [0.29, 0.717) is 22.0 Å². The maximum atomic E-state index is 7.94. The molecule has 0 aromatic carbocycles. The molecule has 0 unspecified atom stereocenters. The molecule has 0 fully saturated rings. The van der Waals surface area contributed by atoms with Crippen LogP contribution in [0.25, 0.3) is 0 Å². The van der Waals surface area contributed by atoms with Crippen LogP contribution >= 0.6 is 0 Å². The summed E-state index contributed by atoms with van der Waals surface area (Å²) in [6, 6.07) is 0. The Morgan fingerprint density at radius 1 is 1.08 bits per heavy atom. The van der Waals surface area contributed by atoms with E-state index in [4.69, 9.17) is 10.4 Å². The lowest BCUT2D eigenvalue weighted by atomic mass is 11.7. The Kier molecular flexibility index (Phi) is 45.8. The fourth-order valence-electron chi connectivity index (χ4n) is 0.0913. The molecule has 0 aliphatic carbocycles. The predicted octanol–water partition coefficient (Wildman–Crippen LogP) is -0.945. The second kappa shape index (κ2) is 30.0. The first-order chi connectivity index (χ1) is 5.74. The van der Waals surface area contributed by atoms with Gasteiger partial charge in [0.1, 0.15) is 0 Å². The standard InChI is InChI=1S/C2H8O2Si.C2H8OSi.C2H8Si/c1-5-2-4-3;1-4-2-3;1-3-2/h3H,2,5H2,1H3;3H,2,4H2,1H3;3H2,1-2H3. The molecule has 0 rings (SSSR count). The van der Waals surface area contributed by atoms with E-state index < -0.39 is 0 Å². The highest BCUT2D eigenvalue weighted by Crippen LogP contribution is 1.56. The Hall–Kier alpha value is 0.531. The normalized spacial score (nSPS) is 9.50. The second-order valence-electron chi connectivity index (χ2n) is 2.26. The molecule has 0 aromatic heterocycles. The average molecular weight is 229 g/mol. The molecule has 0 aliphatic rings. The quantitative estimate of drug-likeness (QED) is 0.372. The van der Waals surface area contributed by atoms with Crippen molar-refractivity contribution in [1.82, 2.24) is 0 Å². The van der Waals surface area contributed by atoms with Crippen molar-refractivity contribution in [3.05, 3.63) is 0 Å². The zero-order valence-electron chi connectivity index (χ0n) is 8.84. The number of hydrogen-bond donors (Lipinski definition) is 2. The van der Waals surface area contributed by atoms with Gasteiger partial charge in [-0.25, -0.2) is 4.89 Å². The van der Waals surface area contributed by atoms with Gasteiger partial charge in [0, 0.05) is 25.3 Å². The molecule has 0 atom stereocenters. The van der Waals surface area contributed by atoms with E-state index in [1.165, 1.54) is 0 Å². The van der Waals surface area contributed by atoms with Crippen LogP contribution in [-0.4, -0.2) is 51.4 Å². The largest absolute Gasteiger partial charge is 0.400 e. The molecular weight excluding hydrogens is 204 g/mol. The van der Waals surface area contributed by atoms with Crippen molar-refractivity contribution in [3.8, 4) is 0 Å². The third-order valence-corrected chi connectivity index (χ3v) is 1.56. The van der Waals surface area contributed by atoms with Crippen LogP contribution in [-0.2, 0) is 4.89 Å². The minimum atomic E-state index is -0.0583. The van der Waals surface area contributed by atoms with E-state index in [1.54, 1.807) is 0 Å². The molecule has 0 heterocycles. The van der Waals surface area contributed by atoms with Gasteiger partial charge in [-0.15, -0.1) is 0 Å². The van der Waals surface area contributed by atoms with Gasteiger partial charge >= 0.3 is 0 Å². The smallest absolute Gasteiger partial charge is 0.0658 e. The van der Waals surface area contributed by atoms with Crippen LogP contribution in [0, 0.1) is 0 Å². The highest BCUT2D eigenvalue weighted by molar-refractivity contribution is 6.33. The van der Waals surface area contributed by atoms with Gasteiger partial charge in [-0.2, -0.15) is 0 Å². The fraction of sp³-hybridized carbons (Fsp3) is 1.00. The monoisotopic (exact) mass is 228 g/mol. The van der Waals surface area contributed by atoms with Crippen LogP contribution in [0.2, 0.25) is 26.2 Å². The van der Waals surface area contributed by atoms with E-state index in [2.05, 4.69) is 31.1 Å². The van der Waals surface area contributed by atoms with Gasteiger partial charge in [0.2, 0.25) is 0 Å². The summed E-state index contributed by atoms with van der Waals surface area (Å²) in [5.74, 6) is 0. The van der Waals surface area contributed by atoms with Crippen molar-refractivity contribution in [2.75, 3.05) is 12.5 Å². The van der Waals surface area contributed by atoms with Gasteiger partial charge in [-0.05, 0) is 0 Å². The molecule has 0 spiro atoms. The van der Waals surface area contributed by atoms with Gasteiger partial charge in [0.15, 0.2) is 0 Å². The van der Waals surface area contributed by atoms with Crippen molar-refractivity contribution in [3.63, 3.8) is 0 Å². The van der Waals surface area contributed by atoms with Crippen LogP contribution in [0.1, 0.15) is 0 Å². The first kappa shape index (κ1) is 18.3. The lowest BCUT2D eigenvalue weighted by Gasteiger charge is -1.80. The molecule has 12 heavy (non-hydrogen) atoms. The third-order valence-electron chi connectivity index (χ3n) is 0.519. The molecular formula is C6H24O3Si3. The van der Waals surface area contributed by atoms with E-state index in [9.17, 15) is 0 Å². The predicted molar refractivity (Wildman–Crippen MR) is 64.8 cm³/mol. The van der Waals surface area contributed by atoms with Crippen LogP contribution in [0.3, 0.4) is 0 Å². The minimum Gasteiger partial charge on any atom is -0.400 e. The van der Waals surface area contributed by atoms with E-state index in [0.717, 1.165) is 0 Å². The molecule has 3 nitrogen and oxygen atoms in total. The Morgan fingerprint density at radius 3 is 1.42 bits per heavy atom. The average Bonchev–Trinajstić information content (AvgIpc) is 2.08. The van der Waals surface area contributed by atoms with E-state index in [1.807, 2.05) is 0 Å². The topological polar surface area (TPSA) is 49.7 Å². The first-order valence-corrected chi connectivity index (χ1v) is 12.3. The lowest BCUT2D eigenvalue weighted by molar-refractivity contribution is -0.225. The molecule has 0 saturated heterocycles. The summed E-state index contributed by atoms with van der Waals surface area (Å²) in [6.07, 6.45) is 1.04. The van der Waals surface area contributed by atoms with Crippen molar-refractivity contribution in [2.45, 2.75) is 26.2 Å². The summed E-state index contributed by atoms with van der Waals surface area (Å²) in [7, 11) is 0.338. The van der Waals surface area contributed by atoms with Crippen LogP contribution in [0.4, 0.5) is 0 Å². The molecule has 0 radical (unpaired) electrons. The van der Waals surface area contributed by atoms with Crippen molar-refractivity contribution >= 4 is 28.6 Å². The highest BCUT2D eigenvalue weighted by atomic mass is 28.2. The molecule has 6 heteroatoms. The summed E-state index contributed by atoms with van der Waals surface area (Å²) in [5.41, 5.74) is 0. The first-order valence-electron chi connectivity index (χ1n) is 4.62. The van der Waals surface area contributed by atoms with Crippen molar-refractivity contribution < 1.29 is 15.3 Å². The van der Waals surface area contributed by atoms with Gasteiger partial charge in [-0.3, -0.25) is 5.26 Å². The van der Waals surface area contributed by atoms with Gasteiger partial charge in [-0.1, -0.05) is 26.2 Å². The van der Waals surface area contributed by atoms with E-state index >= 15 is 0 Å². The Bertz CT molecular complexity index is 45.0. The summed E-state index contributed by atoms with van der Waals surface area (Å²) in [4.78, 5) is 3.75. The van der Waals surface area contributed by atoms with Crippen molar-refractivity contribution in [2.24, 2.45) is 0 Å². The van der Waals surface area contributed by atoms with Gasteiger partial charge in [0.25, 0.3) is 0 Å². The van der Waals surface area contributed by atoms with Gasteiger partial charge < -0.3 is 5.11 Å². The zero-order chi connectivity index (χ0) is 10.2. The third kappa shape index (κ3) is 76.7. The zero-order valence-corrected chi connectivity index (χ0v) is 13.1. The summed E-state index contributed by atoms with van der Waals surface area (Å²) in [6.45, 7) is 8.66. The van der Waals surface area contributed by atoms with Crippen molar-refractivity contribution in [1.29, 1.82) is 0 Å². The van der Waals surface area contributed by atoms with Crippen LogP contribution in [0.15, 0.2) is 0 Å². The van der Waals surface area contributed by atoms with Crippen LogP contribution < -0.4 is 0 Å². The number of rotatable bonds is 3. The molecule has 0 saturated carbocycles. The maximum Gasteiger partial charge on any atom is 0.0658 e. The minimum absolute atomic E-state index is 0.0201. The number of aliphatic hydroxyl groups excluding tert-OH is 1. The molecule has 78 valence electrons. The SMILES string of the molecule is C[SiH2]C.C[SiH2]CO.C[SiH2]COO.